The average molecular weight is 329 g/mol. The number of nitrogens with two attached hydrogens (primary N) is 1. The lowest BCUT2D eigenvalue weighted by molar-refractivity contribution is -0.140. The van der Waals surface area contributed by atoms with E-state index in [-0.39, 0.29) is 17.8 Å². The molecule has 0 saturated heterocycles. The van der Waals surface area contributed by atoms with Crippen LogP contribution < -0.4 is 5.73 Å². The SMILES string of the molecule is CN(Cc1ccc(F)c(C(F)(F)F)c1)CC(C)(C)CN.Cl. The Morgan fingerprint density at radius 1 is 1.19 bits per heavy atom. The summed E-state index contributed by atoms with van der Waals surface area (Å²) in [6, 6.07) is 3.10. The van der Waals surface area contributed by atoms with E-state index in [9.17, 15) is 17.6 Å². The fourth-order valence-corrected chi connectivity index (χ4v) is 2.05. The van der Waals surface area contributed by atoms with Crippen LogP contribution in [0.1, 0.15) is 25.0 Å². The molecule has 0 spiro atoms. The smallest absolute Gasteiger partial charge is 0.330 e. The minimum Gasteiger partial charge on any atom is -0.330 e. The van der Waals surface area contributed by atoms with E-state index in [0.717, 1.165) is 12.1 Å². The van der Waals surface area contributed by atoms with Crippen LogP contribution in [0.15, 0.2) is 18.2 Å². The van der Waals surface area contributed by atoms with Crippen LogP contribution >= 0.6 is 12.4 Å². The van der Waals surface area contributed by atoms with Gasteiger partial charge in [0, 0.05) is 13.1 Å². The van der Waals surface area contributed by atoms with E-state index in [0.29, 0.717) is 25.2 Å². The summed E-state index contributed by atoms with van der Waals surface area (Å²) in [5.41, 5.74) is 4.70. The van der Waals surface area contributed by atoms with Gasteiger partial charge in [0.1, 0.15) is 5.82 Å². The largest absolute Gasteiger partial charge is 0.419 e. The van der Waals surface area contributed by atoms with Crippen molar-refractivity contribution < 1.29 is 17.6 Å². The number of benzene rings is 1. The molecular weight excluding hydrogens is 308 g/mol. The highest BCUT2D eigenvalue weighted by Crippen LogP contribution is 2.32. The first-order valence-corrected chi connectivity index (χ1v) is 6.29. The van der Waals surface area contributed by atoms with E-state index in [1.165, 1.54) is 6.07 Å². The van der Waals surface area contributed by atoms with Crippen LogP contribution in [0.4, 0.5) is 17.6 Å². The van der Waals surface area contributed by atoms with Crippen molar-refractivity contribution in [2.45, 2.75) is 26.6 Å². The summed E-state index contributed by atoms with van der Waals surface area (Å²) in [4.78, 5) is 1.88. The van der Waals surface area contributed by atoms with Crippen molar-refractivity contribution in [2.75, 3.05) is 20.1 Å². The van der Waals surface area contributed by atoms with Crippen molar-refractivity contribution in [1.29, 1.82) is 0 Å². The fraction of sp³-hybridized carbons (Fsp3) is 0.571. The lowest BCUT2D eigenvalue weighted by atomic mass is 9.93. The average Bonchev–Trinajstić information content (AvgIpc) is 2.29. The van der Waals surface area contributed by atoms with Gasteiger partial charge in [-0.1, -0.05) is 19.9 Å². The number of nitrogens with zero attached hydrogens (tertiary/aromatic N) is 1. The summed E-state index contributed by atoms with van der Waals surface area (Å²) in [5, 5.41) is 0. The van der Waals surface area contributed by atoms with Gasteiger partial charge in [0.15, 0.2) is 0 Å². The number of hydrogen-bond acceptors (Lipinski definition) is 2. The summed E-state index contributed by atoms with van der Waals surface area (Å²) in [6.07, 6.45) is -4.67. The van der Waals surface area contributed by atoms with E-state index in [1.54, 1.807) is 7.05 Å². The normalized spacial score (nSPS) is 12.4. The topological polar surface area (TPSA) is 29.3 Å². The van der Waals surface area contributed by atoms with Crippen molar-refractivity contribution in [1.82, 2.24) is 4.90 Å². The van der Waals surface area contributed by atoms with Gasteiger partial charge < -0.3 is 10.6 Å². The predicted molar refractivity (Wildman–Crippen MR) is 77.8 cm³/mol. The molecule has 0 aliphatic rings. The quantitative estimate of drug-likeness (QED) is 0.835. The van der Waals surface area contributed by atoms with Gasteiger partial charge in [-0.15, -0.1) is 12.4 Å². The second-order valence-electron chi connectivity index (χ2n) is 5.85. The zero-order valence-electron chi connectivity index (χ0n) is 12.3. The Balaban J connectivity index is 0.00000400. The summed E-state index contributed by atoms with van der Waals surface area (Å²) in [7, 11) is 1.80. The molecule has 1 aromatic rings. The van der Waals surface area contributed by atoms with Crippen molar-refractivity contribution in [3.63, 3.8) is 0 Å². The van der Waals surface area contributed by atoms with Crippen molar-refractivity contribution in [3.8, 4) is 0 Å². The Hall–Kier alpha value is -0.850. The third-order valence-electron chi connectivity index (χ3n) is 3.04. The van der Waals surface area contributed by atoms with Crippen molar-refractivity contribution in [3.05, 3.63) is 35.1 Å². The molecule has 0 unspecified atom stereocenters. The molecule has 122 valence electrons. The molecule has 0 aliphatic heterocycles. The molecule has 0 fully saturated rings. The summed E-state index contributed by atoms with van der Waals surface area (Å²) >= 11 is 0. The van der Waals surface area contributed by atoms with Crippen molar-refractivity contribution >= 4 is 12.4 Å². The number of halogens is 5. The lowest BCUT2D eigenvalue weighted by Crippen LogP contribution is -2.36. The van der Waals surface area contributed by atoms with E-state index in [4.69, 9.17) is 5.73 Å². The van der Waals surface area contributed by atoms with Gasteiger partial charge in [-0.05, 0) is 36.7 Å². The molecule has 0 aliphatic carbocycles. The first-order chi connectivity index (χ1) is 9.05. The van der Waals surface area contributed by atoms with Crippen LogP contribution in [0.25, 0.3) is 0 Å². The molecule has 21 heavy (non-hydrogen) atoms. The molecule has 0 saturated carbocycles. The van der Waals surface area contributed by atoms with Gasteiger partial charge in [-0.25, -0.2) is 4.39 Å². The number of alkyl halides is 3. The molecule has 0 bridgehead atoms. The van der Waals surface area contributed by atoms with Crippen LogP contribution in [0.2, 0.25) is 0 Å². The second kappa shape index (κ2) is 7.42. The van der Waals surface area contributed by atoms with Crippen LogP contribution in [-0.4, -0.2) is 25.0 Å². The Bertz CT molecular complexity index is 461. The van der Waals surface area contributed by atoms with E-state index < -0.39 is 17.6 Å². The van der Waals surface area contributed by atoms with Gasteiger partial charge >= 0.3 is 6.18 Å². The maximum atomic E-state index is 13.2. The van der Waals surface area contributed by atoms with Crippen LogP contribution in [0.3, 0.4) is 0 Å². The van der Waals surface area contributed by atoms with Gasteiger partial charge in [0.25, 0.3) is 0 Å². The first-order valence-electron chi connectivity index (χ1n) is 6.29. The molecule has 0 radical (unpaired) electrons. The molecule has 1 aromatic carbocycles. The first kappa shape index (κ1) is 20.1. The third-order valence-corrected chi connectivity index (χ3v) is 3.04. The molecule has 0 atom stereocenters. The molecule has 2 nitrogen and oxygen atoms in total. The summed E-state index contributed by atoms with van der Waals surface area (Å²) in [5.74, 6) is -1.24. The van der Waals surface area contributed by atoms with E-state index >= 15 is 0 Å². The Labute approximate surface area is 128 Å². The van der Waals surface area contributed by atoms with Gasteiger partial charge in [-0.3, -0.25) is 0 Å². The summed E-state index contributed by atoms with van der Waals surface area (Å²) < 4.78 is 51.0. The Morgan fingerprint density at radius 3 is 2.24 bits per heavy atom. The van der Waals surface area contributed by atoms with Crippen LogP contribution in [0, 0.1) is 11.2 Å². The highest BCUT2D eigenvalue weighted by Gasteiger charge is 2.34. The molecular formula is C14H21ClF4N2. The molecule has 0 heterocycles. The summed E-state index contributed by atoms with van der Waals surface area (Å²) in [6.45, 7) is 5.40. The molecule has 0 aromatic heterocycles. The van der Waals surface area contributed by atoms with Crippen molar-refractivity contribution in [2.24, 2.45) is 11.1 Å². The highest BCUT2D eigenvalue weighted by atomic mass is 35.5. The maximum absolute atomic E-state index is 13.2. The molecule has 0 amide bonds. The van der Waals surface area contributed by atoms with Crippen LogP contribution in [-0.2, 0) is 12.7 Å². The Kier molecular flexibility index (Phi) is 7.12. The lowest BCUT2D eigenvalue weighted by Gasteiger charge is -2.29. The van der Waals surface area contributed by atoms with E-state index in [2.05, 4.69) is 0 Å². The van der Waals surface area contributed by atoms with Gasteiger partial charge in [0.05, 0.1) is 5.56 Å². The standard InChI is InChI=1S/C14H20F4N2.ClH/c1-13(2,8-19)9-20(3)7-10-4-5-12(15)11(6-10)14(16,17)18;/h4-6H,7-9,19H2,1-3H3;1H. The van der Waals surface area contributed by atoms with Gasteiger partial charge in [-0.2, -0.15) is 13.2 Å². The minimum absolute atomic E-state index is 0. The molecule has 2 N–H and O–H groups in total. The second-order valence-corrected chi connectivity index (χ2v) is 5.85. The monoisotopic (exact) mass is 328 g/mol. The third kappa shape index (κ3) is 6.20. The number of hydrogen-bond donors (Lipinski definition) is 1. The molecule has 7 heteroatoms. The zero-order chi connectivity index (χ0) is 15.6. The van der Waals surface area contributed by atoms with E-state index in [1.807, 2.05) is 18.7 Å². The minimum atomic E-state index is -4.67. The fourth-order valence-electron chi connectivity index (χ4n) is 2.05. The number of rotatable bonds is 5. The van der Waals surface area contributed by atoms with Crippen LogP contribution in [0.5, 0.6) is 0 Å². The Morgan fingerprint density at radius 2 is 1.76 bits per heavy atom. The zero-order valence-corrected chi connectivity index (χ0v) is 13.1. The predicted octanol–water partition coefficient (Wildman–Crippen LogP) is 3.68. The highest BCUT2D eigenvalue weighted by molar-refractivity contribution is 5.85. The van der Waals surface area contributed by atoms with Gasteiger partial charge in [0.2, 0.25) is 0 Å². The molecule has 1 rings (SSSR count). The maximum Gasteiger partial charge on any atom is 0.419 e.